The number of rotatable bonds is 10. The third kappa shape index (κ3) is 7.50. The van der Waals surface area contributed by atoms with E-state index >= 15 is 0 Å². The maximum atomic E-state index is 11.6. The lowest BCUT2D eigenvalue weighted by molar-refractivity contribution is -0.116. The predicted octanol–water partition coefficient (Wildman–Crippen LogP) is 2.92. The highest BCUT2D eigenvalue weighted by atomic mass is 35.5. The molecule has 1 aliphatic heterocycles. The summed E-state index contributed by atoms with van der Waals surface area (Å²) in [6.45, 7) is 4.82. The van der Waals surface area contributed by atoms with Crippen LogP contribution in [0.5, 0.6) is 0 Å². The fourth-order valence-corrected chi connectivity index (χ4v) is 5.29. The van der Waals surface area contributed by atoms with E-state index in [0.29, 0.717) is 36.3 Å². The molecule has 152 valence electrons. The molecule has 1 saturated heterocycles. The predicted molar refractivity (Wildman–Crippen MR) is 113 cm³/mol. The van der Waals surface area contributed by atoms with Crippen LogP contribution in [0.4, 0.5) is 5.82 Å². The van der Waals surface area contributed by atoms with Gasteiger partial charge in [-0.05, 0) is 26.7 Å². The van der Waals surface area contributed by atoms with Crippen LogP contribution in [0.3, 0.4) is 0 Å². The Morgan fingerprint density at radius 3 is 2.93 bits per heavy atom. The molecule has 1 amide bonds. The molecule has 1 aromatic heterocycles. The number of nitrogen functional groups attached to an aromatic ring is 1. The summed E-state index contributed by atoms with van der Waals surface area (Å²) in [4.78, 5) is 22.5. The highest BCUT2D eigenvalue weighted by Gasteiger charge is 2.18. The summed E-state index contributed by atoms with van der Waals surface area (Å²) in [5.41, 5.74) is 7.44. The number of aryl methyl sites for hydroxylation is 1. The summed E-state index contributed by atoms with van der Waals surface area (Å²) >= 11 is 0. The van der Waals surface area contributed by atoms with E-state index in [4.69, 9.17) is 10.5 Å². The molecule has 0 radical (unpaired) electrons. The molecule has 0 bridgehead atoms. The fourth-order valence-electron chi connectivity index (χ4n) is 2.55. The molecule has 10 heteroatoms. The average molecular weight is 435 g/mol. The molecule has 1 atom stereocenters. The van der Waals surface area contributed by atoms with Crippen molar-refractivity contribution in [2.24, 2.45) is 0 Å². The second-order valence-corrected chi connectivity index (χ2v) is 8.48. The molecule has 2 rings (SSSR count). The molecule has 1 fully saturated rings. The number of halogens is 1. The van der Waals surface area contributed by atoms with Crippen molar-refractivity contribution in [2.75, 3.05) is 24.7 Å². The minimum absolute atomic E-state index is 0. The largest absolute Gasteiger partial charge is 0.396 e. The molecule has 1 unspecified atom stereocenters. The Balaban J connectivity index is 0.00000364. The van der Waals surface area contributed by atoms with Crippen LogP contribution in [-0.4, -0.2) is 51.5 Å². The number of amides is 1. The zero-order valence-electron chi connectivity index (χ0n) is 15.6. The summed E-state index contributed by atoms with van der Waals surface area (Å²) in [5, 5.41) is 9.39. The van der Waals surface area contributed by atoms with E-state index in [1.54, 1.807) is 39.6 Å². The average Bonchev–Trinajstić information content (AvgIpc) is 3.13. The first-order valence-electron chi connectivity index (χ1n) is 8.56. The van der Waals surface area contributed by atoms with Crippen LogP contribution in [0.15, 0.2) is 16.8 Å². The number of aliphatic hydroxyl groups is 1. The topological polar surface area (TPSA) is 102 Å². The third-order valence-electron chi connectivity index (χ3n) is 4.10. The summed E-state index contributed by atoms with van der Waals surface area (Å²) < 4.78 is 5.63. The number of nitrogens with zero attached hydrogens (tertiary/aromatic N) is 3. The van der Waals surface area contributed by atoms with Crippen LogP contribution in [0.25, 0.3) is 0 Å². The first kappa shape index (κ1) is 24.0. The number of allylic oxidation sites excluding steroid dienone is 1. The molecule has 0 spiro atoms. The first-order chi connectivity index (χ1) is 12.5. The maximum Gasteiger partial charge on any atom is 0.214 e. The molecule has 1 aromatic rings. The van der Waals surface area contributed by atoms with Gasteiger partial charge in [-0.3, -0.25) is 4.79 Å². The standard InChI is InChI=1S/C17H26N4O3S2.ClH/c1-12(16(5-6-22)26-25-10-15-4-3-7-24-15)21(11-23)9-14-8-19-13(2)20-17(14)18;/h8,11,15,22H,3-7,9-10H2,1-2H3,(H2,18,19,20);1H. The van der Waals surface area contributed by atoms with E-state index in [9.17, 15) is 9.90 Å². The highest BCUT2D eigenvalue weighted by molar-refractivity contribution is 8.78. The molecular formula is C17H27ClN4O3S2. The van der Waals surface area contributed by atoms with Gasteiger partial charge in [0.15, 0.2) is 0 Å². The van der Waals surface area contributed by atoms with Crippen molar-refractivity contribution in [2.45, 2.75) is 45.8 Å². The number of nitrogens with two attached hydrogens (primary N) is 1. The van der Waals surface area contributed by atoms with Crippen molar-refractivity contribution in [3.05, 3.63) is 28.2 Å². The van der Waals surface area contributed by atoms with E-state index in [1.807, 2.05) is 6.92 Å². The van der Waals surface area contributed by atoms with Crippen molar-refractivity contribution < 1.29 is 14.6 Å². The quantitative estimate of drug-likeness (QED) is 0.428. The van der Waals surface area contributed by atoms with Gasteiger partial charge >= 0.3 is 0 Å². The number of anilines is 1. The second kappa shape index (κ2) is 12.5. The van der Waals surface area contributed by atoms with E-state index < -0.39 is 0 Å². The zero-order valence-corrected chi connectivity index (χ0v) is 18.0. The Kier molecular flexibility index (Phi) is 11.1. The lowest BCUT2D eigenvalue weighted by Crippen LogP contribution is -2.22. The molecule has 0 aliphatic carbocycles. The minimum Gasteiger partial charge on any atom is -0.396 e. The maximum absolute atomic E-state index is 11.6. The number of hydrogen-bond acceptors (Lipinski definition) is 8. The van der Waals surface area contributed by atoms with E-state index in [-0.39, 0.29) is 19.0 Å². The summed E-state index contributed by atoms with van der Waals surface area (Å²) in [6.07, 6.45) is 5.43. The van der Waals surface area contributed by atoms with Crippen LogP contribution in [0.2, 0.25) is 0 Å². The van der Waals surface area contributed by atoms with E-state index in [1.165, 1.54) is 0 Å². The normalized spacial score (nSPS) is 17.2. The van der Waals surface area contributed by atoms with Crippen molar-refractivity contribution >= 4 is 46.2 Å². The number of ether oxygens (including phenoxy) is 1. The number of aliphatic hydroxyl groups excluding tert-OH is 1. The van der Waals surface area contributed by atoms with Gasteiger partial charge in [-0.15, -0.1) is 12.4 Å². The molecule has 1 aliphatic rings. The van der Waals surface area contributed by atoms with Crippen LogP contribution < -0.4 is 5.73 Å². The molecule has 2 heterocycles. The Hall–Kier alpha value is -1.00. The Morgan fingerprint density at radius 2 is 2.33 bits per heavy atom. The smallest absolute Gasteiger partial charge is 0.214 e. The van der Waals surface area contributed by atoms with Gasteiger partial charge in [0.05, 0.1) is 12.6 Å². The monoisotopic (exact) mass is 434 g/mol. The van der Waals surface area contributed by atoms with Crippen LogP contribution >= 0.6 is 34.0 Å². The van der Waals surface area contributed by atoms with E-state index in [0.717, 1.165) is 42.2 Å². The van der Waals surface area contributed by atoms with Crippen molar-refractivity contribution in [1.29, 1.82) is 0 Å². The van der Waals surface area contributed by atoms with Crippen LogP contribution in [0, 0.1) is 6.92 Å². The van der Waals surface area contributed by atoms with E-state index in [2.05, 4.69) is 9.97 Å². The zero-order chi connectivity index (χ0) is 18.9. The van der Waals surface area contributed by atoms with Gasteiger partial charge in [-0.1, -0.05) is 21.6 Å². The van der Waals surface area contributed by atoms with Crippen molar-refractivity contribution in [3.8, 4) is 0 Å². The summed E-state index contributed by atoms with van der Waals surface area (Å²) in [6, 6.07) is 0. The van der Waals surface area contributed by atoms with Gasteiger partial charge < -0.3 is 20.5 Å². The molecular weight excluding hydrogens is 408 g/mol. The lowest BCUT2D eigenvalue weighted by atomic mass is 10.2. The van der Waals surface area contributed by atoms with Gasteiger partial charge in [0.2, 0.25) is 6.41 Å². The molecule has 0 saturated carbocycles. The van der Waals surface area contributed by atoms with Gasteiger partial charge in [0.25, 0.3) is 0 Å². The van der Waals surface area contributed by atoms with Crippen LogP contribution in [0.1, 0.15) is 37.6 Å². The second-order valence-electron chi connectivity index (χ2n) is 6.05. The fraction of sp³-hybridized carbons (Fsp3) is 0.588. The number of hydrogen-bond donors (Lipinski definition) is 2. The van der Waals surface area contributed by atoms with Crippen molar-refractivity contribution in [3.63, 3.8) is 0 Å². The first-order valence-corrected chi connectivity index (χ1v) is 10.9. The number of carbonyl (C=O) groups is 1. The van der Waals surface area contributed by atoms with Gasteiger partial charge in [-0.2, -0.15) is 0 Å². The van der Waals surface area contributed by atoms with Crippen molar-refractivity contribution in [1.82, 2.24) is 14.9 Å². The minimum atomic E-state index is 0. The van der Waals surface area contributed by atoms with Gasteiger partial charge in [-0.25, -0.2) is 9.97 Å². The molecule has 3 N–H and O–H groups in total. The molecule has 0 aromatic carbocycles. The number of aromatic nitrogens is 2. The Morgan fingerprint density at radius 1 is 1.56 bits per heavy atom. The highest BCUT2D eigenvalue weighted by Crippen LogP contribution is 2.37. The Labute approximate surface area is 174 Å². The Bertz CT molecular complexity index is 643. The SMILES string of the molecule is CC(=C(CCO)SSCC1CCCO1)N(C=O)Cc1cnc(C)nc1N.Cl. The third-order valence-corrected chi connectivity index (χ3v) is 6.79. The summed E-state index contributed by atoms with van der Waals surface area (Å²) in [7, 11) is 3.29. The molecule has 7 nitrogen and oxygen atoms in total. The summed E-state index contributed by atoms with van der Waals surface area (Å²) in [5.74, 6) is 1.87. The number of carbonyl (C=O) groups excluding carboxylic acids is 1. The van der Waals surface area contributed by atoms with Gasteiger partial charge in [0, 0.05) is 47.7 Å². The lowest BCUT2D eigenvalue weighted by Gasteiger charge is -2.22. The van der Waals surface area contributed by atoms with Crippen LogP contribution in [-0.2, 0) is 16.1 Å². The molecule has 27 heavy (non-hydrogen) atoms. The van der Waals surface area contributed by atoms with Gasteiger partial charge in [0.1, 0.15) is 11.6 Å².